The Labute approximate surface area is 109 Å². The van der Waals surface area contributed by atoms with Crippen LogP contribution in [0.1, 0.15) is 5.56 Å². The summed E-state index contributed by atoms with van der Waals surface area (Å²) < 4.78 is 32.6. The van der Waals surface area contributed by atoms with Gasteiger partial charge in [-0.1, -0.05) is 6.07 Å². The lowest BCUT2D eigenvalue weighted by molar-refractivity contribution is 0.411. The summed E-state index contributed by atoms with van der Waals surface area (Å²) >= 11 is 0. The summed E-state index contributed by atoms with van der Waals surface area (Å²) in [7, 11) is 1.43. The van der Waals surface area contributed by atoms with E-state index in [1.807, 2.05) is 6.07 Å². The summed E-state index contributed by atoms with van der Waals surface area (Å²) in [6.45, 7) is 0. The molecule has 4 heteroatoms. The molecule has 0 saturated heterocycles. The van der Waals surface area contributed by atoms with Crippen molar-refractivity contribution >= 4 is 0 Å². The first-order valence-corrected chi connectivity index (χ1v) is 5.65. The molecule has 0 aromatic heterocycles. The van der Waals surface area contributed by atoms with Crippen LogP contribution in [-0.4, -0.2) is 7.11 Å². The van der Waals surface area contributed by atoms with Crippen molar-refractivity contribution < 1.29 is 13.5 Å². The van der Waals surface area contributed by atoms with Crippen LogP contribution in [0.2, 0.25) is 0 Å². The quantitative estimate of drug-likeness (QED) is 0.841. The molecule has 19 heavy (non-hydrogen) atoms. The SMILES string of the molecule is COc1ccc(-c2cc(CC#N)ccc2F)c(F)c1. The summed E-state index contributed by atoms with van der Waals surface area (Å²) in [4.78, 5) is 0. The fourth-order valence-corrected chi connectivity index (χ4v) is 1.82. The average Bonchev–Trinajstić information content (AvgIpc) is 2.41. The number of halogens is 2. The van der Waals surface area contributed by atoms with Gasteiger partial charge in [-0.25, -0.2) is 8.78 Å². The van der Waals surface area contributed by atoms with Gasteiger partial charge in [0.25, 0.3) is 0 Å². The van der Waals surface area contributed by atoms with Gasteiger partial charge < -0.3 is 4.74 Å². The van der Waals surface area contributed by atoms with Gasteiger partial charge in [-0.2, -0.15) is 5.26 Å². The van der Waals surface area contributed by atoms with E-state index in [0.717, 1.165) is 0 Å². The first kappa shape index (κ1) is 13.0. The van der Waals surface area contributed by atoms with Gasteiger partial charge in [0.15, 0.2) is 0 Å². The molecule has 0 aliphatic rings. The molecule has 0 amide bonds. The Bertz CT molecular complexity index is 647. The van der Waals surface area contributed by atoms with E-state index in [4.69, 9.17) is 10.00 Å². The van der Waals surface area contributed by atoms with E-state index in [0.29, 0.717) is 11.3 Å². The summed E-state index contributed by atoms with van der Waals surface area (Å²) in [5, 5.41) is 8.64. The second-order valence-corrected chi connectivity index (χ2v) is 3.99. The monoisotopic (exact) mass is 259 g/mol. The Hall–Kier alpha value is -2.41. The Kier molecular flexibility index (Phi) is 3.76. The van der Waals surface area contributed by atoms with Crippen LogP contribution in [0.4, 0.5) is 8.78 Å². The highest BCUT2D eigenvalue weighted by molar-refractivity contribution is 5.66. The molecule has 2 nitrogen and oxygen atoms in total. The van der Waals surface area contributed by atoms with Crippen molar-refractivity contribution in [2.45, 2.75) is 6.42 Å². The van der Waals surface area contributed by atoms with Crippen LogP contribution >= 0.6 is 0 Å². The highest BCUT2D eigenvalue weighted by Gasteiger charge is 2.12. The van der Waals surface area contributed by atoms with Crippen LogP contribution in [0.15, 0.2) is 36.4 Å². The lowest BCUT2D eigenvalue weighted by Crippen LogP contribution is -1.93. The molecular weight excluding hydrogens is 248 g/mol. The van der Waals surface area contributed by atoms with E-state index in [9.17, 15) is 8.78 Å². The Balaban J connectivity index is 2.52. The van der Waals surface area contributed by atoms with Crippen LogP contribution in [0.5, 0.6) is 5.75 Å². The van der Waals surface area contributed by atoms with Crippen molar-refractivity contribution in [1.29, 1.82) is 5.26 Å². The summed E-state index contributed by atoms with van der Waals surface area (Å²) in [5.74, 6) is -0.715. The predicted octanol–water partition coefficient (Wildman–Crippen LogP) is 3.71. The van der Waals surface area contributed by atoms with Crippen molar-refractivity contribution in [2.75, 3.05) is 7.11 Å². The molecule has 96 valence electrons. The highest BCUT2D eigenvalue weighted by Crippen LogP contribution is 2.29. The van der Waals surface area contributed by atoms with Gasteiger partial charge in [-0.15, -0.1) is 0 Å². The maximum atomic E-state index is 13.9. The molecule has 0 atom stereocenters. The first-order chi connectivity index (χ1) is 9.15. The molecule has 0 fully saturated rings. The molecular formula is C15H11F2NO. The number of hydrogen-bond donors (Lipinski definition) is 0. The number of nitriles is 1. The standard InChI is InChI=1S/C15H11F2NO/c1-19-11-3-4-12(15(17)9-11)13-8-10(6-7-18)2-5-14(13)16/h2-5,8-9H,6H2,1H3. The van der Waals surface area contributed by atoms with E-state index >= 15 is 0 Å². The van der Waals surface area contributed by atoms with Gasteiger partial charge in [0.2, 0.25) is 0 Å². The fraction of sp³-hybridized carbons (Fsp3) is 0.133. The fourth-order valence-electron chi connectivity index (χ4n) is 1.82. The molecule has 0 bridgehead atoms. The molecule has 0 aliphatic heterocycles. The Morgan fingerprint density at radius 2 is 1.84 bits per heavy atom. The maximum Gasteiger partial charge on any atom is 0.134 e. The summed E-state index contributed by atoms with van der Waals surface area (Å²) in [5.41, 5.74) is 0.945. The molecule has 0 unspecified atom stereocenters. The van der Waals surface area contributed by atoms with Gasteiger partial charge >= 0.3 is 0 Å². The lowest BCUT2D eigenvalue weighted by Gasteiger charge is -2.08. The average molecular weight is 259 g/mol. The van der Waals surface area contributed by atoms with Crippen molar-refractivity contribution in [1.82, 2.24) is 0 Å². The van der Waals surface area contributed by atoms with Gasteiger partial charge in [0.1, 0.15) is 17.4 Å². The van der Waals surface area contributed by atoms with Crippen molar-refractivity contribution in [2.24, 2.45) is 0 Å². The van der Waals surface area contributed by atoms with Crippen LogP contribution in [0.3, 0.4) is 0 Å². The minimum absolute atomic E-state index is 0.146. The third-order valence-electron chi connectivity index (χ3n) is 2.78. The lowest BCUT2D eigenvalue weighted by atomic mass is 10.0. The smallest absolute Gasteiger partial charge is 0.134 e. The van der Waals surface area contributed by atoms with Crippen LogP contribution in [0, 0.1) is 23.0 Å². The minimum atomic E-state index is -0.563. The zero-order valence-electron chi connectivity index (χ0n) is 10.3. The normalized spacial score (nSPS) is 10.0. The number of ether oxygens (including phenoxy) is 1. The molecule has 0 aliphatic carbocycles. The van der Waals surface area contributed by atoms with Gasteiger partial charge in [-0.05, 0) is 29.8 Å². The zero-order chi connectivity index (χ0) is 13.8. The maximum absolute atomic E-state index is 13.9. The van der Waals surface area contributed by atoms with Crippen LogP contribution in [0.25, 0.3) is 11.1 Å². The van der Waals surface area contributed by atoms with Gasteiger partial charge in [0.05, 0.1) is 19.6 Å². The highest BCUT2D eigenvalue weighted by atomic mass is 19.1. The van der Waals surface area contributed by atoms with E-state index in [-0.39, 0.29) is 17.5 Å². The van der Waals surface area contributed by atoms with Crippen molar-refractivity contribution in [3.05, 3.63) is 53.6 Å². The molecule has 2 aromatic carbocycles. The Morgan fingerprint density at radius 3 is 2.47 bits per heavy atom. The van der Waals surface area contributed by atoms with Crippen LogP contribution in [-0.2, 0) is 6.42 Å². The molecule has 0 heterocycles. The molecule has 0 saturated carbocycles. The van der Waals surface area contributed by atoms with Crippen molar-refractivity contribution in [3.63, 3.8) is 0 Å². The molecule has 2 rings (SSSR count). The third-order valence-corrected chi connectivity index (χ3v) is 2.78. The third kappa shape index (κ3) is 2.71. The van der Waals surface area contributed by atoms with E-state index in [2.05, 4.69) is 0 Å². The molecule has 2 aromatic rings. The molecule has 0 spiro atoms. The predicted molar refractivity (Wildman–Crippen MR) is 67.7 cm³/mol. The van der Waals surface area contributed by atoms with Gasteiger partial charge in [0, 0.05) is 17.2 Å². The Morgan fingerprint density at radius 1 is 1.05 bits per heavy atom. The number of benzene rings is 2. The second-order valence-electron chi connectivity index (χ2n) is 3.99. The zero-order valence-corrected chi connectivity index (χ0v) is 10.3. The first-order valence-electron chi connectivity index (χ1n) is 5.65. The molecule has 0 radical (unpaired) electrons. The van der Waals surface area contributed by atoms with E-state index in [1.165, 1.54) is 37.4 Å². The number of hydrogen-bond acceptors (Lipinski definition) is 2. The number of rotatable bonds is 3. The second kappa shape index (κ2) is 5.49. The largest absolute Gasteiger partial charge is 0.497 e. The topological polar surface area (TPSA) is 33.0 Å². The summed E-state index contributed by atoms with van der Waals surface area (Å²) in [6, 6.07) is 10.5. The van der Waals surface area contributed by atoms with Crippen molar-refractivity contribution in [3.8, 4) is 22.9 Å². The van der Waals surface area contributed by atoms with E-state index < -0.39 is 11.6 Å². The van der Waals surface area contributed by atoms with Gasteiger partial charge in [-0.3, -0.25) is 0 Å². The molecule has 0 N–H and O–H groups in total. The number of nitrogens with zero attached hydrogens (tertiary/aromatic N) is 1. The van der Waals surface area contributed by atoms with Crippen LogP contribution < -0.4 is 4.74 Å². The number of methoxy groups -OCH3 is 1. The minimum Gasteiger partial charge on any atom is -0.497 e. The summed E-state index contributed by atoms with van der Waals surface area (Å²) in [6.07, 6.45) is 0.158. The van der Waals surface area contributed by atoms with E-state index in [1.54, 1.807) is 6.07 Å².